The molecule has 1 aliphatic carbocycles. The van der Waals surface area contributed by atoms with Crippen molar-refractivity contribution in [1.82, 2.24) is 0 Å². The van der Waals surface area contributed by atoms with Crippen molar-refractivity contribution in [3.63, 3.8) is 0 Å². The summed E-state index contributed by atoms with van der Waals surface area (Å²) in [6, 6.07) is 11.2. The van der Waals surface area contributed by atoms with Gasteiger partial charge in [-0.3, -0.25) is 0 Å². The summed E-state index contributed by atoms with van der Waals surface area (Å²) in [5.74, 6) is 0. The number of fused-ring (bicyclic) bond motifs is 3. The first-order valence-electron chi connectivity index (χ1n) is 7.63. The molecular weight excluding hydrogens is 243 g/mol. The van der Waals surface area contributed by atoms with Crippen LogP contribution in [-0.2, 0) is 17.5 Å². The molecule has 2 aromatic rings. The average Bonchev–Trinajstić information content (AvgIpc) is 2.37. The summed E-state index contributed by atoms with van der Waals surface area (Å²) in [6.45, 7) is 9.28. The van der Waals surface area contributed by atoms with Crippen molar-refractivity contribution in [2.45, 2.75) is 51.5 Å². The zero-order chi connectivity index (χ0) is 14.1. The summed E-state index contributed by atoms with van der Waals surface area (Å²) in [5, 5.41) is 3.00. The quantitative estimate of drug-likeness (QED) is 0.713. The maximum absolute atomic E-state index is 6.25. The highest BCUT2D eigenvalue weighted by Gasteiger charge is 2.59. The lowest BCUT2D eigenvalue weighted by atomic mass is 9.32. The normalized spacial score (nSPS) is 22.1. The third kappa shape index (κ3) is 1.38. The Labute approximate surface area is 121 Å². The Bertz CT molecular complexity index is 715. The average molecular weight is 264 g/mol. The SMILES string of the molecule is CC1(C)OB(c2cc3c(c4ccccc24)CC3)C1(C)C. The number of hydrogen-bond acceptors (Lipinski definition) is 1. The van der Waals surface area contributed by atoms with Crippen molar-refractivity contribution in [3.05, 3.63) is 41.5 Å². The van der Waals surface area contributed by atoms with Crippen molar-refractivity contribution in [3.8, 4) is 0 Å². The van der Waals surface area contributed by atoms with Crippen LogP contribution >= 0.6 is 0 Å². The Morgan fingerprint density at radius 2 is 1.70 bits per heavy atom. The van der Waals surface area contributed by atoms with Crippen molar-refractivity contribution in [1.29, 1.82) is 0 Å². The standard InChI is InChI=1S/C18H21BO/c1-17(2)18(3,4)20-19(17)16-11-12-9-10-13(12)14-7-5-6-8-15(14)16/h5-8,11H,9-10H2,1-4H3. The van der Waals surface area contributed by atoms with E-state index in [-0.39, 0.29) is 17.8 Å². The van der Waals surface area contributed by atoms with Crippen LogP contribution in [-0.4, -0.2) is 12.5 Å². The molecule has 1 saturated heterocycles. The molecule has 2 heteroatoms. The van der Waals surface area contributed by atoms with Crippen LogP contribution in [0.3, 0.4) is 0 Å². The summed E-state index contributed by atoms with van der Waals surface area (Å²) in [6.07, 6.45) is 2.46. The minimum atomic E-state index is -0.0400. The van der Waals surface area contributed by atoms with Gasteiger partial charge in [0.25, 0.3) is 0 Å². The summed E-state index contributed by atoms with van der Waals surface area (Å²) in [7, 11) is 0. The van der Waals surface area contributed by atoms with Crippen LogP contribution in [0.1, 0.15) is 38.8 Å². The second-order valence-electron chi connectivity index (χ2n) is 7.38. The fourth-order valence-corrected chi connectivity index (χ4v) is 3.65. The first-order chi connectivity index (χ1) is 9.42. The summed E-state index contributed by atoms with van der Waals surface area (Å²) >= 11 is 0. The van der Waals surface area contributed by atoms with Gasteiger partial charge in [-0.25, -0.2) is 0 Å². The summed E-state index contributed by atoms with van der Waals surface area (Å²) in [4.78, 5) is 0. The molecule has 2 aromatic carbocycles. The van der Waals surface area contributed by atoms with E-state index in [0.29, 0.717) is 0 Å². The van der Waals surface area contributed by atoms with E-state index in [4.69, 9.17) is 4.65 Å². The molecule has 0 atom stereocenters. The van der Waals surface area contributed by atoms with E-state index in [9.17, 15) is 0 Å². The molecule has 1 heterocycles. The molecule has 1 nitrogen and oxygen atoms in total. The molecule has 0 bridgehead atoms. The monoisotopic (exact) mass is 264 g/mol. The minimum absolute atomic E-state index is 0.0400. The van der Waals surface area contributed by atoms with Gasteiger partial charge in [-0.15, -0.1) is 0 Å². The number of rotatable bonds is 1. The topological polar surface area (TPSA) is 9.23 Å². The zero-order valence-electron chi connectivity index (χ0n) is 12.8. The molecular formula is C18H21BO. The molecule has 0 unspecified atom stereocenters. The lowest BCUT2D eigenvalue weighted by Gasteiger charge is -2.57. The highest BCUT2D eigenvalue weighted by Crippen LogP contribution is 2.53. The van der Waals surface area contributed by atoms with Gasteiger partial charge in [-0.05, 0) is 54.1 Å². The molecule has 0 saturated carbocycles. The Hall–Kier alpha value is -1.28. The van der Waals surface area contributed by atoms with Gasteiger partial charge in [0.2, 0.25) is 0 Å². The maximum Gasteiger partial charge on any atom is 0.336 e. The second kappa shape index (κ2) is 3.68. The highest BCUT2D eigenvalue weighted by atomic mass is 16.5. The molecule has 1 fully saturated rings. The van der Waals surface area contributed by atoms with E-state index in [1.165, 1.54) is 34.6 Å². The van der Waals surface area contributed by atoms with Crippen molar-refractivity contribution >= 4 is 23.2 Å². The van der Waals surface area contributed by atoms with Crippen LogP contribution < -0.4 is 5.46 Å². The van der Waals surface area contributed by atoms with Gasteiger partial charge in [0.15, 0.2) is 0 Å². The summed E-state index contributed by atoms with van der Waals surface area (Å²) < 4.78 is 6.25. The van der Waals surface area contributed by atoms with E-state index < -0.39 is 0 Å². The van der Waals surface area contributed by atoms with Gasteiger partial charge in [0.05, 0.1) is 0 Å². The number of benzene rings is 2. The van der Waals surface area contributed by atoms with Gasteiger partial charge in [-0.1, -0.05) is 44.2 Å². The van der Waals surface area contributed by atoms with E-state index in [1.54, 1.807) is 5.56 Å². The fourth-order valence-electron chi connectivity index (χ4n) is 3.65. The lowest BCUT2D eigenvalue weighted by molar-refractivity contribution is -0.00928. The van der Waals surface area contributed by atoms with E-state index in [1.807, 2.05) is 0 Å². The van der Waals surface area contributed by atoms with Gasteiger partial charge in [0, 0.05) is 10.9 Å². The molecule has 0 spiro atoms. The third-order valence-electron chi connectivity index (χ3n) is 5.83. The Balaban J connectivity index is 1.92. The molecule has 4 rings (SSSR count). The van der Waals surface area contributed by atoms with E-state index in [0.717, 1.165) is 0 Å². The highest BCUT2D eigenvalue weighted by molar-refractivity contribution is 6.75. The first kappa shape index (κ1) is 12.5. The van der Waals surface area contributed by atoms with Crippen LogP contribution in [0.25, 0.3) is 10.8 Å². The molecule has 1 aliphatic heterocycles. The van der Waals surface area contributed by atoms with Crippen molar-refractivity contribution < 1.29 is 4.65 Å². The fraction of sp³-hybridized carbons (Fsp3) is 0.444. The number of hydrogen-bond donors (Lipinski definition) is 0. The molecule has 2 aliphatic rings. The van der Waals surface area contributed by atoms with Gasteiger partial charge < -0.3 is 4.65 Å². The van der Waals surface area contributed by atoms with Crippen molar-refractivity contribution in [2.75, 3.05) is 0 Å². The van der Waals surface area contributed by atoms with Crippen LogP contribution in [0, 0.1) is 0 Å². The molecule has 102 valence electrons. The van der Waals surface area contributed by atoms with Gasteiger partial charge in [0.1, 0.15) is 0 Å². The number of aryl methyl sites for hydroxylation is 2. The van der Waals surface area contributed by atoms with E-state index >= 15 is 0 Å². The van der Waals surface area contributed by atoms with E-state index in [2.05, 4.69) is 58.0 Å². The smallest absolute Gasteiger partial charge is 0.336 e. The summed E-state index contributed by atoms with van der Waals surface area (Å²) in [5.41, 5.74) is 4.44. The predicted molar refractivity (Wildman–Crippen MR) is 85.9 cm³/mol. The third-order valence-corrected chi connectivity index (χ3v) is 5.83. The zero-order valence-corrected chi connectivity index (χ0v) is 12.8. The van der Waals surface area contributed by atoms with Crippen molar-refractivity contribution in [2.24, 2.45) is 0 Å². The Kier molecular flexibility index (Phi) is 2.29. The Morgan fingerprint density at radius 1 is 1.00 bits per heavy atom. The molecule has 0 radical (unpaired) electrons. The second-order valence-corrected chi connectivity index (χ2v) is 7.38. The largest absolute Gasteiger partial charge is 0.425 e. The predicted octanol–water partition coefficient (Wildman–Crippen LogP) is 3.73. The van der Waals surface area contributed by atoms with Crippen LogP contribution in [0.15, 0.2) is 30.3 Å². The molecule has 20 heavy (non-hydrogen) atoms. The maximum atomic E-state index is 6.25. The molecule has 0 amide bonds. The van der Waals surface area contributed by atoms with Crippen LogP contribution in [0.4, 0.5) is 0 Å². The molecule has 0 N–H and O–H groups in total. The van der Waals surface area contributed by atoms with Crippen LogP contribution in [0.5, 0.6) is 0 Å². The van der Waals surface area contributed by atoms with Gasteiger partial charge >= 0.3 is 6.92 Å². The van der Waals surface area contributed by atoms with Crippen LogP contribution in [0.2, 0.25) is 5.31 Å². The first-order valence-corrected chi connectivity index (χ1v) is 7.63. The van der Waals surface area contributed by atoms with Gasteiger partial charge in [-0.2, -0.15) is 0 Å². The Morgan fingerprint density at radius 3 is 2.25 bits per heavy atom. The molecule has 0 aromatic heterocycles. The lowest BCUT2D eigenvalue weighted by Crippen LogP contribution is -2.66. The minimum Gasteiger partial charge on any atom is -0.425 e.